The highest BCUT2D eigenvalue weighted by Gasteiger charge is 2.27. The number of aromatic hydroxyl groups is 2. The van der Waals surface area contributed by atoms with E-state index in [2.05, 4.69) is 0 Å². The van der Waals surface area contributed by atoms with Gasteiger partial charge in [-0.05, 0) is 52.0 Å². The Balaban J connectivity index is 1.64. The number of phenols is 2. The fraction of sp³-hybridized carbons (Fsp3) is 0.226. The van der Waals surface area contributed by atoms with E-state index in [1.54, 1.807) is 26.0 Å². The molecule has 4 rings (SSSR count). The molecule has 0 spiro atoms. The van der Waals surface area contributed by atoms with Crippen LogP contribution in [-0.2, 0) is 0 Å². The molecule has 2 N–H and O–H groups in total. The molecule has 0 bridgehead atoms. The molecule has 0 saturated heterocycles. The van der Waals surface area contributed by atoms with Crippen molar-refractivity contribution in [2.75, 3.05) is 0 Å². The van der Waals surface area contributed by atoms with Crippen molar-refractivity contribution >= 4 is 0 Å². The molecule has 0 aliphatic carbocycles. The first kappa shape index (κ1) is 29.6. The summed E-state index contributed by atoms with van der Waals surface area (Å²) in [6, 6.07) is 9.72. The number of hydrogen-bond acceptors (Lipinski definition) is 4. The summed E-state index contributed by atoms with van der Waals surface area (Å²) in [6.45, 7) is 6.35. The highest BCUT2D eigenvalue weighted by Crippen LogP contribution is 2.42. The number of rotatable bonds is 8. The number of hydrogen-bond donors (Lipinski definition) is 2. The minimum atomic E-state index is -1.75. The largest absolute Gasteiger partial charge is 0.507 e. The summed E-state index contributed by atoms with van der Waals surface area (Å²) in [5.74, 6) is -11.2. The first-order chi connectivity index (χ1) is 19.3. The van der Waals surface area contributed by atoms with Gasteiger partial charge in [0.1, 0.15) is 23.0 Å². The van der Waals surface area contributed by atoms with Gasteiger partial charge in [-0.15, -0.1) is 0 Å². The summed E-state index contributed by atoms with van der Waals surface area (Å²) in [5, 5.41) is 20.6. The van der Waals surface area contributed by atoms with Crippen molar-refractivity contribution in [1.29, 1.82) is 0 Å². The van der Waals surface area contributed by atoms with Crippen LogP contribution in [0.3, 0.4) is 0 Å². The SMILES string of the molecule is Cc1ccc(O)c(-c2c(O[C@H](C)C[C@H](C)Oc3cc(F)c(F)c(F)c3-c3cc(C)ccc3O)cc(F)c(F)c2F)c1. The molecule has 4 aromatic rings. The number of phenolic OH excluding ortho intramolecular Hbond substituents is 2. The van der Waals surface area contributed by atoms with E-state index in [-0.39, 0.29) is 29.0 Å². The lowest BCUT2D eigenvalue weighted by Crippen LogP contribution is -2.23. The molecule has 0 heterocycles. The predicted molar refractivity (Wildman–Crippen MR) is 141 cm³/mol. The van der Waals surface area contributed by atoms with Crippen LogP contribution in [0.25, 0.3) is 22.3 Å². The van der Waals surface area contributed by atoms with Crippen molar-refractivity contribution in [2.24, 2.45) is 0 Å². The summed E-state index contributed by atoms with van der Waals surface area (Å²) in [7, 11) is 0. The lowest BCUT2D eigenvalue weighted by Gasteiger charge is -2.24. The van der Waals surface area contributed by atoms with Gasteiger partial charge in [-0.2, -0.15) is 0 Å². The van der Waals surface area contributed by atoms with Gasteiger partial charge >= 0.3 is 0 Å². The highest BCUT2D eigenvalue weighted by atomic mass is 19.2. The monoisotopic (exact) mass is 576 g/mol. The summed E-state index contributed by atoms with van der Waals surface area (Å²) < 4.78 is 98.1. The van der Waals surface area contributed by atoms with Crippen LogP contribution in [-0.4, -0.2) is 22.4 Å². The Morgan fingerprint density at radius 3 is 1.32 bits per heavy atom. The molecule has 0 unspecified atom stereocenters. The molecule has 0 saturated carbocycles. The average molecular weight is 577 g/mol. The third kappa shape index (κ3) is 6.06. The molecular weight excluding hydrogens is 550 g/mol. The van der Waals surface area contributed by atoms with Crippen molar-refractivity contribution in [3.63, 3.8) is 0 Å². The van der Waals surface area contributed by atoms with Crippen molar-refractivity contribution in [1.82, 2.24) is 0 Å². The summed E-state index contributed by atoms with van der Waals surface area (Å²) in [5.41, 5.74) is -0.00863. The van der Waals surface area contributed by atoms with Crippen LogP contribution in [0.2, 0.25) is 0 Å². The average Bonchev–Trinajstić information content (AvgIpc) is 2.89. The number of benzene rings is 4. The second-order valence-corrected chi connectivity index (χ2v) is 9.85. The molecule has 0 aliphatic heterocycles. The topological polar surface area (TPSA) is 58.9 Å². The summed E-state index contributed by atoms with van der Waals surface area (Å²) >= 11 is 0. The molecule has 4 nitrogen and oxygen atoms in total. The molecule has 216 valence electrons. The van der Waals surface area contributed by atoms with Gasteiger partial charge < -0.3 is 19.7 Å². The number of aryl methyl sites for hydroxylation is 2. The van der Waals surface area contributed by atoms with E-state index in [0.29, 0.717) is 23.3 Å². The third-order valence-corrected chi connectivity index (χ3v) is 6.42. The second kappa shape index (κ2) is 11.6. The van der Waals surface area contributed by atoms with Crippen LogP contribution in [0.1, 0.15) is 31.4 Å². The number of ether oxygens (including phenoxy) is 2. The Morgan fingerprint density at radius 2 is 0.951 bits per heavy atom. The molecule has 0 aromatic heterocycles. The third-order valence-electron chi connectivity index (χ3n) is 6.42. The molecule has 2 atom stereocenters. The van der Waals surface area contributed by atoms with E-state index in [1.165, 1.54) is 38.1 Å². The lowest BCUT2D eigenvalue weighted by molar-refractivity contribution is 0.130. The van der Waals surface area contributed by atoms with Crippen LogP contribution >= 0.6 is 0 Å². The van der Waals surface area contributed by atoms with E-state index >= 15 is 0 Å². The van der Waals surface area contributed by atoms with Crippen LogP contribution in [0.15, 0.2) is 48.5 Å². The number of halogens is 6. The lowest BCUT2D eigenvalue weighted by atomic mass is 10.00. The Morgan fingerprint density at radius 1 is 0.585 bits per heavy atom. The minimum Gasteiger partial charge on any atom is -0.507 e. The molecule has 10 heteroatoms. The first-order valence-electron chi connectivity index (χ1n) is 12.6. The van der Waals surface area contributed by atoms with E-state index < -0.39 is 69.7 Å². The van der Waals surface area contributed by atoms with E-state index in [0.717, 1.165) is 0 Å². The van der Waals surface area contributed by atoms with Crippen LogP contribution < -0.4 is 9.47 Å². The maximum Gasteiger partial charge on any atom is 0.195 e. The van der Waals surface area contributed by atoms with E-state index in [1.807, 2.05) is 0 Å². The van der Waals surface area contributed by atoms with Crippen LogP contribution in [0.4, 0.5) is 26.3 Å². The van der Waals surface area contributed by atoms with Crippen molar-refractivity contribution in [3.05, 3.63) is 94.6 Å². The Bertz CT molecular complexity index is 1500. The molecule has 41 heavy (non-hydrogen) atoms. The van der Waals surface area contributed by atoms with Crippen LogP contribution in [0, 0.1) is 48.8 Å². The zero-order valence-corrected chi connectivity index (χ0v) is 22.5. The first-order valence-corrected chi connectivity index (χ1v) is 12.6. The van der Waals surface area contributed by atoms with Gasteiger partial charge in [-0.1, -0.05) is 23.3 Å². The molecule has 0 radical (unpaired) electrons. The summed E-state index contributed by atoms with van der Waals surface area (Å²) in [6.07, 6.45) is -1.77. The van der Waals surface area contributed by atoms with Gasteiger partial charge in [0.05, 0.1) is 23.3 Å². The van der Waals surface area contributed by atoms with E-state index in [4.69, 9.17) is 9.47 Å². The Kier molecular flexibility index (Phi) is 8.42. The molecule has 0 amide bonds. The highest BCUT2D eigenvalue weighted by molar-refractivity contribution is 5.78. The minimum absolute atomic E-state index is 0.0281. The van der Waals surface area contributed by atoms with E-state index in [9.17, 15) is 36.6 Å². The maximum atomic E-state index is 14.9. The van der Waals surface area contributed by atoms with Gasteiger partial charge in [-0.3, -0.25) is 0 Å². The summed E-state index contributed by atoms with van der Waals surface area (Å²) in [4.78, 5) is 0. The van der Waals surface area contributed by atoms with Gasteiger partial charge in [-0.25, -0.2) is 26.3 Å². The van der Waals surface area contributed by atoms with Crippen molar-refractivity contribution in [2.45, 2.75) is 46.3 Å². The quantitative estimate of drug-likeness (QED) is 0.163. The molecule has 0 aliphatic rings. The predicted octanol–water partition coefficient (Wildman–Crippen LogP) is 8.51. The van der Waals surface area contributed by atoms with Crippen molar-refractivity contribution in [3.8, 4) is 45.3 Å². The second-order valence-electron chi connectivity index (χ2n) is 9.85. The molecule has 4 aromatic carbocycles. The Hall–Kier alpha value is -4.34. The van der Waals surface area contributed by atoms with Gasteiger partial charge in [0.25, 0.3) is 0 Å². The molecular formula is C31H26F6O4. The maximum absolute atomic E-state index is 14.9. The fourth-order valence-corrected chi connectivity index (χ4v) is 4.53. The van der Waals surface area contributed by atoms with Crippen molar-refractivity contribution < 1.29 is 46.0 Å². The smallest absolute Gasteiger partial charge is 0.195 e. The van der Waals surface area contributed by atoms with Gasteiger partial charge in [0, 0.05) is 29.7 Å². The zero-order chi connectivity index (χ0) is 30.2. The van der Waals surface area contributed by atoms with Crippen LogP contribution in [0.5, 0.6) is 23.0 Å². The zero-order valence-electron chi connectivity index (χ0n) is 22.5. The Labute approximate surface area is 232 Å². The normalized spacial score (nSPS) is 12.7. The van der Waals surface area contributed by atoms with Gasteiger partial charge in [0.2, 0.25) is 0 Å². The fourth-order valence-electron chi connectivity index (χ4n) is 4.53. The van der Waals surface area contributed by atoms with Gasteiger partial charge in [0.15, 0.2) is 34.9 Å². The molecule has 0 fully saturated rings. The standard InChI is InChI=1S/C31H26F6O4/c1-14-5-7-22(38)18(9-14)26-24(12-20(32)28(34)30(26)36)40-16(3)11-17(4)41-25-13-21(33)29(35)31(37)27(25)19-10-15(2)6-8-23(19)39/h5-10,12-13,16-17,38-39H,11H2,1-4H3/t16-,17+.